The van der Waals surface area contributed by atoms with Crippen molar-refractivity contribution in [3.63, 3.8) is 0 Å². The van der Waals surface area contributed by atoms with E-state index in [1.165, 1.54) is 38.9 Å². The first-order valence-corrected chi connectivity index (χ1v) is 9.81. The second kappa shape index (κ2) is 9.92. The Balaban J connectivity index is 0.00000242. The number of hydrogen-bond acceptors (Lipinski definition) is 4. The molecule has 0 bridgehead atoms. The van der Waals surface area contributed by atoms with E-state index in [1.54, 1.807) is 7.05 Å². The van der Waals surface area contributed by atoms with E-state index >= 15 is 0 Å². The van der Waals surface area contributed by atoms with Crippen molar-refractivity contribution in [2.45, 2.75) is 38.1 Å². The summed E-state index contributed by atoms with van der Waals surface area (Å²) >= 11 is 0. The summed E-state index contributed by atoms with van der Waals surface area (Å²) < 4.78 is 22.9. The quantitative estimate of drug-likeness (QED) is 0.275. The Hall–Kier alpha value is -0.0900. The summed E-state index contributed by atoms with van der Waals surface area (Å²) in [5.41, 5.74) is 0. The normalized spacial score (nSPS) is 25.0. The molecule has 2 aliphatic rings. The van der Waals surface area contributed by atoms with Gasteiger partial charge < -0.3 is 15.5 Å². The van der Waals surface area contributed by atoms with Gasteiger partial charge in [-0.15, -0.1) is 24.0 Å². The van der Waals surface area contributed by atoms with E-state index in [0.717, 1.165) is 18.9 Å². The fourth-order valence-electron chi connectivity index (χ4n) is 2.97. The molecule has 130 valence electrons. The van der Waals surface area contributed by atoms with Crippen molar-refractivity contribution in [1.82, 2.24) is 15.5 Å². The highest BCUT2D eigenvalue weighted by Crippen LogP contribution is 2.11. The van der Waals surface area contributed by atoms with Gasteiger partial charge in [0.15, 0.2) is 15.8 Å². The molecule has 0 radical (unpaired) electrons. The Morgan fingerprint density at radius 3 is 2.59 bits per heavy atom. The Labute approximate surface area is 151 Å². The van der Waals surface area contributed by atoms with Crippen LogP contribution < -0.4 is 10.6 Å². The van der Waals surface area contributed by atoms with Gasteiger partial charge in [-0.25, -0.2) is 8.42 Å². The zero-order valence-corrected chi connectivity index (χ0v) is 16.5. The second-order valence-electron chi connectivity index (χ2n) is 6.00. The van der Waals surface area contributed by atoms with Gasteiger partial charge in [-0.05, 0) is 51.7 Å². The van der Waals surface area contributed by atoms with E-state index in [-0.39, 0.29) is 41.5 Å². The first-order chi connectivity index (χ1) is 10.1. The lowest BCUT2D eigenvalue weighted by Crippen LogP contribution is -2.44. The summed E-state index contributed by atoms with van der Waals surface area (Å²) in [6.07, 6.45) is 5.68. The third kappa shape index (κ3) is 6.99. The molecule has 0 amide bonds. The number of unbranched alkanes of at least 4 members (excludes halogenated alkanes) is 1. The van der Waals surface area contributed by atoms with Crippen molar-refractivity contribution in [1.29, 1.82) is 0 Å². The third-order valence-corrected chi connectivity index (χ3v) is 5.96. The van der Waals surface area contributed by atoms with E-state index in [0.29, 0.717) is 6.42 Å². The van der Waals surface area contributed by atoms with Crippen LogP contribution in [-0.4, -0.2) is 70.1 Å². The molecule has 0 saturated carbocycles. The lowest BCUT2D eigenvalue weighted by atomic mass is 10.2. The summed E-state index contributed by atoms with van der Waals surface area (Å²) in [6, 6.07) is 0.00537. The topological polar surface area (TPSA) is 73.8 Å². The first-order valence-electron chi connectivity index (χ1n) is 7.99. The molecule has 8 heteroatoms. The number of likely N-dealkylation sites (tertiary alicyclic amines) is 1. The van der Waals surface area contributed by atoms with Gasteiger partial charge >= 0.3 is 0 Å². The number of guanidine groups is 1. The maximum atomic E-state index is 11.4. The van der Waals surface area contributed by atoms with Crippen molar-refractivity contribution in [2.75, 3.05) is 44.7 Å². The highest BCUT2D eigenvalue weighted by molar-refractivity contribution is 14.0. The SMILES string of the molecule is CN=C(NCCCCN1CCCC1)NC1CCS(=O)(=O)C1.I. The molecule has 0 aromatic heterocycles. The maximum Gasteiger partial charge on any atom is 0.191 e. The van der Waals surface area contributed by atoms with Crippen LogP contribution in [0, 0.1) is 0 Å². The lowest BCUT2D eigenvalue weighted by Gasteiger charge is -2.17. The van der Waals surface area contributed by atoms with Gasteiger partial charge in [0.05, 0.1) is 11.5 Å². The minimum Gasteiger partial charge on any atom is -0.356 e. The van der Waals surface area contributed by atoms with Gasteiger partial charge in [-0.3, -0.25) is 4.99 Å². The Morgan fingerprint density at radius 1 is 1.27 bits per heavy atom. The Bertz CT molecular complexity index is 450. The van der Waals surface area contributed by atoms with E-state index in [4.69, 9.17) is 0 Å². The summed E-state index contributed by atoms with van der Waals surface area (Å²) in [6.45, 7) is 4.58. The minimum absolute atomic E-state index is 0. The highest BCUT2D eigenvalue weighted by atomic mass is 127. The number of sulfone groups is 1. The predicted molar refractivity (Wildman–Crippen MR) is 102 cm³/mol. The number of nitrogens with zero attached hydrogens (tertiary/aromatic N) is 2. The molecule has 1 unspecified atom stereocenters. The smallest absolute Gasteiger partial charge is 0.191 e. The van der Waals surface area contributed by atoms with Crippen molar-refractivity contribution >= 4 is 39.8 Å². The third-order valence-electron chi connectivity index (χ3n) is 4.19. The van der Waals surface area contributed by atoms with Gasteiger partial charge in [0.25, 0.3) is 0 Å². The van der Waals surface area contributed by atoms with Crippen LogP contribution in [0.1, 0.15) is 32.1 Å². The predicted octanol–water partition coefficient (Wildman–Crippen LogP) is 0.833. The molecule has 22 heavy (non-hydrogen) atoms. The molecule has 1 atom stereocenters. The van der Waals surface area contributed by atoms with Crippen LogP contribution in [0.5, 0.6) is 0 Å². The zero-order chi connectivity index (χ0) is 15.1. The Morgan fingerprint density at radius 2 is 2.00 bits per heavy atom. The molecule has 6 nitrogen and oxygen atoms in total. The molecule has 2 N–H and O–H groups in total. The van der Waals surface area contributed by atoms with Gasteiger partial charge in [0.1, 0.15) is 0 Å². The molecular formula is C14H29IN4O2S. The molecule has 0 aromatic rings. The highest BCUT2D eigenvalue weighted by Gasteiger charge is 2.28. The Kier molecular flexibility index (Phi) is 9.00. The van der Waals surface area contributed by atoms with E-state index in [2.05, 4.69) is 20.5 Å². The van der Waals surface area contributed by atoms with Crippen molar-refractivity contribution in [3.8, 4) is 0 Å². The summed E-state index contributed by atoms with van der Waals surface area (Å²) in [4.78, 5) is 6.69. The van der Waals surface area contributed by atoms with Crippen molar-refractivity contribution in [3.05, 3.63) is 0 Å². The number of rotatable bonds is 6. The number of halogens is 1. The fourth-order valence-corrected chi connectivity index (χ4v) is 4.64. The van der Waals surface area contributed by atoms with E-state index in [1.807, 2.05) is 0 Å². The van der Waals surface area contributed by atoms with Gasteiger partial charge in [0.2, 0.25) is 0 Å². The fraction of sp³-hybridized carbons (Fsp3) is 0.929. The zero-order valence-electron chi connectivity index (χ0n) is 13.4. The van der Waals surface area contributed by atoms with Crippen LogP contribution in [0.2, 0.25) is 0 Å². The summed E-state index contributed by atoms with van der Waals surface area (Å²) in [7, 11) is -1.11. The average Bonchev–Trinajstić information content (AvgIpc) is 3.06. The largest absolute Gasteiger partial charge is 0.356 e. The molecule has 2 fully saturated rings. The molecular weight excluding hydrogens is 415 g/mol. The van der Waals surface area contributed by atoms with Crippen LogP contribution in [-0.2, 0) is 9.84 Å². The van der Waals surface area contributed by atoms with Gasteiger partial charge in [0, 0.05) is 19.6 Å². The second-order valence-corrected chi connectivity index (χ2v) is 8.23. The number of nitrogens with one attached hydrogen (secondary N) is 2. The minimum atomic E-state index is -2.84. The average molecular weight is 444 g/mol. The van der Waals surface area contributed by atoms with Crippen LogP contribution >= 0.6 is 24.0 Å². The molecule has 2 heterocycles. The van der Waals surface area contributed by atoms with E-state index < -0.39 is 9.84 Å². The van der Waals surface area contributed by atoms with Gasteiger partial charge in [-0.2, -0.15) is 0 Å². The van der Waals surface area contributed by atoms with Crippen molar-refractivity contribution in [2.24, 2.45) is 4.99 Å². The van der Waals surface area contributed by atoms with E-state index in [9.17, 15) is 8.42 Å². The molecule has 2 rings (SSSR count). The monoisotopic (exact) mass is 444 g/mol. The van der Waals surface area contributed by atoms with Crippen LogP contribution in [0.25, 0.3) is 0 Å². The van der Waals surface area contributed by atoms with Crippen molar-refractivity contribution < 1.29 is 8.42 Å². The number of aliphatic imine (C=N–C) groups is 1. The summed E-state index contributed by atoms with van der Waals surface area (Å²) in [5.74, 6) is 1.23. The van der Waals surface area contributed by atoms with Crippen LogP contribution in [0.3, 0.4) is 0 Å². The summed E-state index contributed by atoms with van der Waals surface area (Å²) in [5, 5.41) is 6.48. The molecule has 2 aliphatic heterocycles. The molecule has 0 aromatic carbocycles. The van der Waals surface area contributed by atoms with Gasteiger partial charge in [-0.1, -0.05) is 0 Å². The lowest BCUT2D eigenvalue weighted by molar-refractivity contribution is 0.330. The molecule has 2 saturated heterocycles. The maximum absolute atomic E-state index is 11.4. The standard InChI is InChI=1S/C14H28N4O2S.HI/c1-15-14(17-13-6-11-21(19,20)12-13)16-7-2-3-8-18-9-4-5-10-18;/h13H,2-12H2,1H3,(H2,15,16,17);1H. The molecule has 0 spiro atoms. The molecule has 0 aliphatic carbocycles. The first kappa shape index (κ1) is 20.0. The number of hydrogen-bond donors (Lipinski definition) is 2. The van der Waals surface area contributed by atoms with Crippen LogP contribution in [0.15, 0.2) is 4.99 Å². The van der Waals surface area contributed by atoms with Crippen LogP contribution in [0.4, 0.5) is 0 Å².